The van der Waals surface area contributed by atoms with Crippen molar-refractivity contribution >= 4 is 15.7 Å². The van der Waals surface area contributed by atoms with Crippen LogP contribution in [0, 0.1) is 6.92 Å². The summed E-state index contributed by atoms with van der Waals surface area (Å²) in [6.07, 6.45) is 2.92. The summed E-state index contributed by atoms with van der Waals surface area (Å²) >= 11 is 0. The molecule has 2 heterocycles. The van der Waals surface area contributed by atoms with Crippen LogP contribution in [-0.4, -0.2) is 51.8 Å². The van der Waals surface area contributed by atoms with Gasteiger partial charge in [-0.1, -0.05) is 6.07 Å². The Morgan fingerprint density at radius 1 is 1.18 bits per heavy atom. The van der Waals surface area contributed by atoms with Gasteiger partial charge >= 0.3 is 0 Å². The third-order valence-electron chi connectivity index (χ3n) is 4.69. The summed E-state index contributed by atoms with van der Waals surface area (Å²) in [5.41, 5.74) is 3.79. The third kappa shape index (κ3) is 2.82. The topological polar surface area (TPSA) is 49.9 Å². The van der Waals surface area contributed by atoms with Crippen LogP contribution in [0.4, 0.5) is 5.69 Å². The minimum Gasteiger partial charge on any atom is -0.495 e. The smallest absolute Gasteiger partial charge is 0.214 e. The van der Waals surface area contributed by atoms with Gasteiger partial charge in [-0.25, -0.2) is 12.7 Å². The molecule has 0 saturated carbocycles. The highest BCUT2D eigenvalue weighted by molar-refractivity contribution is 7.89. The first-order chi connectivity index (χ1) is 10.5. The van der Waals surface area contributed by atoms with E-state index < -0.39 is 10.0 Å². The predicted octanol–water partition coefficient (Wildman–Crippen LogP) is 1.79. The zero-order valence-electron chi connectivity index (χ0n) is 13.3. The van der Waals surface area contributed by atoms with Gasteiger partial charge in [0.2, 0.25) is 10.0 Å². The second kappa shape index (κ2) is 6.08. The number of hydrogen-bond donors (Lipinski definition) is 0. The van der Waals surface area contributed by atoms with Gasteiger partial charge in [-0.2, -0.15) is 0 Å². The fourth-order valence-corrected chi connectivity index (χ4v) is 5.02. The minimum atomic E-state index is -3.01. The van der Waals surface area contributed by atoms with Gasteiger partial charge in [-0.05, 0) is 43.4 Å². The first-order valence-electron chi connectivity index (χ1n) is 7.92. The average molecular weight is 324 g/mol. The Hall–Kier alpha value is -1.27. The lowest BCUT2D eigenvalue weighted by molar-refractivity contribution is 0.409. The van der Waals surface area contributed by atoms with E-state index in [2.05, 4.69) is 17.9 Å². The molecule has 22 heavy (non-hydrogen) atoms. The molecule has 2 aliphatic heterocycles. The number of nitrogens with zero attached hydrogens (tertiary/aromatic N) is 2. The molecule has 1 fully saturated rings. The highest BCUT2D eigenvalue weighted by Gasteiger charge is 2.29. The van der Waals surface area contributed by atoms with E-state index in [0.717, 1.165) is 43.8 Å². The van der Waals surface area contributed by atoms with Crippen LogP contribution in [0.5, 0.6) is 5.75 Å². The first-order valence-corrected chi connectivity index (χ1v) is 9.53. The summed E-state index contributed by atoms with van der Waals surface area (Å²) in [4.78, 5) is 2.29. The van der Waals surface area contributed by atoms with Crippen LogP contribution in [0.25, 0.3) is 0 Å². The lowest BCUT2D eigenvalue weighted by Crippen LogP contribution is -2.38. The molecule has 0 aromatic heterocycles. The zero-order chi connectivity index (χ0) is 15.7. The van der Waals surface area contributed by atoms with Gasteiger partial charge in [0, 0.05) is 26.2 Å². The lowest BCUT2D eigenvalue weighted by atomic mass is 9.96. The molecule has 0 aliphatic carbocycles. The molecular weight excluding hydrogens is 300 g/mol. The summed E-state index contributed by atoms with van der Waals surface area (Å²) in [5.74, 6) is 1.19. The number of fused-ring (bicyclic) bond motifs is 1. The predicted molar refractivity (Wildman–Crippen MR) is 88.2 cm³/mol. The van der Waals surface area contributed by atoms with Gasteiger partial charge in [-0.15, -0.1) is 0 Å². The molecule has 0 bridgehead atoms. The minimum absolute atomic E-state index is 0.298. The van der Waals surface area contributed by atoms with Gasteiger partial charge in [-0.3, -0.25) is 0 Å². The third-order valence-corrected chi connectivity index (χ3v) is 6.65. The molecule has 0 amide bonds. The molecule has 5 nitrogen and oxygen atoms in total. The molecule has 1 aromatic rings. The molecule has 2 aliphatic rings. The molecule has 6 heteroatoms. The van der Waals surface area contributed by atoms with Crippen molar-refractivity contribution in [2.75, 3.05) is 43.9 Å². The van der Waals surface area contributed by atoms with Crippen molar-refractivity contribution in [1.82, 2.24) is 4.31 Å². The van der Waals surface area contributed by atoms with Crippen LogP contribution in [0.2, 0.25) is 0 Å². The number of hydrogen-bond acceptors (Lipinski definition) is 4. The number of methoxy groups -OCH3 is 1. The van der Waals surface area contributed by atoms with E-state index in [0.29, 0.717) is 18.8 Å². The molecule has 0 spiro atoms. The van der Waals surface area contributed by atoms with E-state index in [4.69, 9.17) is 4.74 Å². The summed E-state index contributed by atoms with van der Waals surface area (Å²) < 4.78 is 31.0. The van der Waals surface area contributed by atoms with Crippen LogP contribution < -0.4 is 9.64 Å². The molecule has 0 atom stereocenters. The fourth-order valence-electron chi connectivity index (χ4n) is 3.50. The number of sulfonamides is 1. The second-order valence-corrected chi connectivity index (χ2v) is 8.16. The van der Waals surface area contributed by atoms with Gasteiger partial charge in [0.15, 0.2) is 0 Å². The summed E-state index contributed by atoms with van der Waals surface area (Å²) in [6, 6.07) is 4.12. The van der Waals surface area contributed by atoms with Crippen molar-refractivity contribution in [3.8, 4) is 5.75 Å². The molecular formula is C16H24N2O3S. The van der Waals surface area contributed by atoms with Crippen LogP contribution >= 0.6 is 0 Å². The van der Waals surface area contributed by atoms with Crippen LogP contribution in [0.3, 0.4) is 0 Å². The zero-order valence-corrected chi connectivity index (χ0v) is 14.2. The number of benzene rings is 1. The Morgan fingerprint density at radius 3 is 2.68 bits per heavy atom. The van der Waals surface area contributed by atoms with E-state index >= 15 is 0 Å². The molecule has 0 N–H and O–H groups in total. The maximum atomic E-state index is 11.9. The van der Waals surface area contributed by atoms with Crippen molar-refractivity contribution in [3.63, 3.8) is 0 Å². The summed E-state index contributed by atoms with van der Waals surface area (Å²) in [6.45, 7) is 5.05. The number of ether oxygens (including phenoxy) is 1. The van der Waals surface area contributed by atoms with Crippen LogP contribution in [0.1, 0.15) is 24.0 Å². The first kappa shape index (κ1) is 15.6. The summed E-state index contributed by atoms with van der Waals surface area (Å²) in [7, 11) is -1.32. The van der Waals surface area contributed by atoms with E-state index in [-0.39, 0.29) is 0 Å². The Labute approximate surface area is 132 Å². The Balaban J connectivity index is 1.81. The molecule has 3 rings (SSSR count). The number of anilines is 1. The number of aryl methyl sites for hydroxylation is 1. The fraction of sp³-hybridized carbons (Fsp3) is 0.625. The molecule has 0 unspecified atom stereocenters. The largest absolute Gasteiger partial charge is 0.495 e. The standard InChI is InChI=1S/C16H24N2O3S/c1-13-6-7-15(21-2)16-14(13)5-3-8-17(16)10-11-18-9-4-12-22(18,19)20/h6-7H,3-5,8-12H2,1-2H3. The highest BCUT2D eigenvalue weighted by Crippen LogP contribution is 2.38. The number of rotatable bonds is 4. The van der Waals surface area contributed by atoms with Crippen molar-refractivity contribution in [1.29, 1.82) is 0 Å². The molecule has 1 aromatic carbocycles. The van der Waals surface area contributed by atoms with Crippen molar-refractivity contribution in [2.45, 2.75) is 26.2 Å². The Kier molecular flexibility index (Phi) is 4.32. The molecule has 1 saturated heterocycles. The van der Waals surface area contributed by atoms with E-state index in [1.54, 1.807) is 11.4 Å². The van der Waals surface area contributed by atoms with E-state index in [1.165, 1.54) is 11.1 Å². The van der Waals surface area contributed by atoms with Crippen molar-refractivity contribution in [3.05, 3.63) is 23.3 Å². The van der Waals surface area contributed by atoms with E-state index in [1.807, 2.05) is 6.07 Å². The quantitative estimate of drug-likeness (QED) is 0.847. The Morgan fingerprint density at radius 2 is 2.00 bits per heavy atom. The monoisotopic (exact) mass is 324 g/mol. The van der Waals surface area contributed by atoms with Gasteiger partial charge in [0.1, 0.15) is 5.75 Å². The van der Waals surface area contributed by atoms with E-state index in [9.17, 15) is 8.42 Å². The Bertz CT molecular complexity index is 658. The maximum absolute atomic E-state index is 11.9. The molecule has 0 radical (unpaired) electrons. The summed E-state index contributed by atoms with van der Waals surface area (Å²) in [5, 5.41) is 0. The average Bonchev–Trinajstić information content (AvgIpc) is 2.84. The van der Waals surface area contributed by atoms with Gasteiger partial charge in [0.05, 0.1) is 18.6 Å². The SMILES string of the molecule is COc1ccc(C)c2c1N(CCN1CCCS1(=O)=O)CCC2. The van der Waals surface area contributed by atoms with Crippen molar-refractivity contribution < 1.29 is 13.2 Å². The maximum Gasteiger partial charge on any atom is 0.214 e. The highest BCUT2D eigenvalue weighted by atomic mass is 32.2. The van der Waals surface area contributed by atoms with Gasteiger partial charge in [0.25, 0.3) is 0 Å². The normalized spacial score (nSPS) is 20.9. The van der Waals surface area contributed by atoms with Crippen LogP contribution in [-0.2, 0) is 16.4 Å². The van der Waals surface area contributed by atoms with Crippen molar-refractivity contribution in [2.24, 2.45) is 0 Å². The van der Waals surface area contributed by atoms with Crippen LogP contribution in [0.15, 0.2) is 12.1 Å². The lowest BCUT2D eigenvalue weighted by Gasteiger charge is -2.34. The van der Waals surface area contributed by atoms with Gasteiger partial charge < -0.3 is 9.64 Å². The second-order valence-electron chi connectivity index (χ2n) is 6.07. The molecule has 122 valence electrons.